The minimum atomic E-state index is 0.571. The molecule has 0 aliphatic rings. The van der Waals surface area contributed by atoms with Gasteiger partial charge in [-0.25, -0.2) is 0 Å². The molecule has 0 spiro atoms. The number of ether oxygens (including phenoxy) is 3. The summed E-state index contributed by atoms with van der Waals surface area (Å²) in [6.45, 7) is 1.26. The minimum absolute atomic E-state index is 0.571. The molecule has 0 amide bonds. The molecule has 4 nitrogen and oxygen atoms in total. The first-order chi connectivity index (χ1) is 10.2. The lowest BCUT2D eigenvalue weighted by atomic mass is 10.2. The fourth-order valence-corrected chi connectivity index (χ4v) is 2.07. The molecule has 0 aliphatic carbocycles. The number of methoxy groups -OCH3 is 2. The van der Waals surface area contributed by atoms with Crippen LogP contribution in [0.1, 0.15) is 0 Å². The zero-order valence-electron chi connectivity index (χ0n) is 12.1. The first-order valence-corrected chi connectivity index (χ1v) is 7.36. The standard InChI is InChI=1S/C16H18BrNO3/c1-19-15-9-13(10-16(11-15)20-2)18-7-8-21-14-5-3-12(17)4-6-14/h3-6,9-11,18H,7-8H2,1-2H3. The molecule has 0 saturated carbocycles. The smallest absolute Gasteiger partial charge is 0.124 e. The van der Waals surface area contributed by atoms with Crippen molar-refractivity contribution in [3.8, 4) is 17.2 Å². The third-order valence-electron chi connectivity index (χ3n) is 2.86. The summed E-state index contributed by atoms with van der Waals surface area (Å²) < 4.78 is 17.1. The molecular weight excluding hydrogens is 334 g/mol. The molecule has 2 aromatic rings. The largest absolute Gasteiger partial charge is 0.497 e. The monoisotopic (exact) mass is 351 g/mol. The van der Waals surface area contributed by atoms with Crippen LogP contribution in [0.3, 0.4) is 0 Å². The molecule has 0 radical (unpaired) electrons. The number of hydrogen-bond acceptors (Lipinski definition) is 4. The predicted octanol–water partition coefficient (Wildman–Crippen LogP) is 3.96. The Hall–Kier alpha value is -1.88. The van der Waals surface area contributed by atoms with Crippen LogP contribution in [0.25, 0.3) is 0 Å². The quantitative estimate of drug-likeness (QED) is 0.766. The number of anilines is 1. The second-order valence-electron chi connectivity index (χ2n) is 4.33. The summed E-state index contributed by atoms with van der Waals surface area (Å²) in [6, 6.07) is 13.4. The highest BCUT2D eigenvalue weighted by molar-refractivity contribution is 9.10. The zero-order valence-corrected chi connectivity index (χ0v) is 13.6. The molecule has 5 heteroatoms. The average Bonchev–Trinajstić information content (AvgIpc) is 2.53. The van der Waals surface area contributed by atoms with Gasteiger partial charge < -0.3 is 19.5 Å². The number of rotatable bonds is 7. The molecule has 1 N–H and O–H groups in total. The highest BCUT2D eigenvalue weighted by Crippen LogP contribution is 2.25. The van der Waals surface area contributed by atoms with Crippen LogP contribution in [0, 0.1) is 0 Å². The van der Waals surface area contributed by atoms with E-state index in [1.165, 1.54) is 0 Å². The van der Waals surface area contributed by atoms with Crippen LogP contribution in [-0.4, -0.2) is 27.4 Å². The van der Waals surface area contributed by atoms with Crippen LogP contribution in [0.15, 0.2) is 46.9 Å². The molecule has 21 heavy (non-hydrogen) atoms. The molecule has 0 heterocycles. The Balaban J connectivity index is 1.84. The van der Waals surface area contributed by atoms with E-state index in [-0.39, 0.29) is 0 Å². The number of benzene rings is 2. The summed E-state index contributed by atoms with van der Waals surface area (Å²) in [4.78, 5) is 0. The lowest BCUT2D eigenvalue weighted by Gasteiger charge is -2.11. The molecule has 2 rings (SSSR count). The lowest BCUT2D eigenvalue weighted by Crippen LogP contribution is -2.11. The first-order valence-electron chi connectivity index (χ1n) is 6.56. The maximum Gasteiger partial charge on any atom is 0.124 e. The SMILES string of the molecule is COc1cc(NCCOc2ccc(Br)cc2)cc(OC)c1. The van der Waals surface area contributed by atoms with E-state index < -0.39 is 0 Å². The Bertz CT molecular complexity index is 550. The molecule has 0 aliphatic heterocycles. The van der Waals surface area contributed by atoms with Crippen LogP contribution in [-0.2, 0) is 0 Å². The van der Waals surface area contributed by atoms with Gasteiger partial charge in [0, 0.05) is 34.9 Å². The van der Waals surface area contributed by atoms with Crippen LogP contribution in [0.4, 0.5) is 5.69 Å². The van der Waals surface area contributed by atoms with Gasteiger partial charge in [0.1, 0.15) is 23.9 Å². The molecule has 0 fully saturated rings. The van der Waals surface area contributed by atoms with Crippen molar-refractivity contribution in [3.63, 3.8) is 0 Å². The average molecular weight is 352 g/mol. The molecule has 0 aromatic heterocycles. The second kappa shape index (κ2) is 7.78. The van der Waals surface area contributed by atoms with Crippen molar-refractivity contribution in [3.05, 3.63) is 46.9 Å². The molecule has 0 bridgehead atoms. The third kappa shape index (κ3) is 4.86. The highest BCUT2D eigenvalue weighted by atomic mass is 79.9. The topological polar surface area (TPSA) is 39.7 Å². The van der Waals surface area contributed by atoms with E-state index in [0.717, 1.165) is 27.4 Å². The van der Waals surface area contributed by atoms with Crippen LogP contribution in [0.2, 0.25) is 0 Å². The van der Waals surface area contributed by atoms with Crippen molar-refractivity contribution in [2.24, 2.45) is 0 Å². The van der Waals surface area contributed by atoms with Crippen molar-refractivity contribution in [2.75, 3.05) is 32.7 Å². The minimum Gasteiger partial charge on any atom is -0.497 e. The Kier molecular flexibility index (Phi) is 5.75. The van der Waals surface area contributed by atoms with Gasteiger partial charge in [-0.15, -0.1) is 0 Å². The van der Waals surface area contributed by atoms with Gasteiger partial charge in [0.2, 0.25) is 0 Å². The molecule has 2 aromatic carbocycles. The van der Waals surface area contributed by atoms with Gasteiger partial charge in [0.05, 0.1) is 14.2 Å². The van der Waals surface area contributed by atoms with Crippen molar-refractivity contribution >= 4 is 21.6 Å². The Morgan fingerprint density at radius 3 is 2.10 bits per heavy atom. The fourth-order valence-electron chi connectivity index (χ4n) is 1.80. The normalized spacial score (nSPS) is 10.0. The lowest BCUT2D eigenvalue weighted by molar-refractivity contribution is 0.332. The van der Waals surface area contributed by atoms with E-state index in [1.54, 1.807) is 14.2 Å². The van der Waals surface area contributed by atoms with Gasteiger partial charge in [0.15, 0.2) is 0 Å². The third-order valence-corrected chi connectivity index (χ3v) is 3.39. The van der Waals surface area contributed by atoms with Crippen LogP contribution < -0.4 is 19.5 Å². The maximum absolute atomic E-state index is 5.65. The van der Waals surface area contributed by atoms with Crippen molar-refractivity contribution in [1.29, 1.82) is 0 Å². The van der Waals surface area contributed by atoms with Crippen molar-refractivity contribution in [2.45, 2.75) is 0 Å². The number of halogens is 1. The van der Waals surface area contributed by atoms with E-state index in [1.807, 2.05) is 42.5 Å². The molecule has 0 saturated heterocycles. The number of nitrogens with one attached hydrogen (secondary N) is 1. The summed E-state index contributed by atoms with van der Waals surface area (Å²) in [5, 5.41) is 3.28. The van der Waals surface area contributed by atoms with Crippen molar-refractivity contribution < 1.29 is 14.2 Å². The molecule has 0 unspecified atom stereocenters. The summed E-state index contributed by atoms with van der Waals surface area (Å²) in [5.74, 6) is 2.36. The Labute approximate surface area is 133 Å². The van der Waals surface area contributed by atoms with Gasteiger partial charge >= 0.3 is 0 Å². The molecule has 0 atom stereocenters. The number of hydrogen-bond donors (Lipinski definition) is 1. The van der Waals surface area contributed by atoms with E-state index in [2.05, 4.69) is 21.2 Å². The molecule has 112 valence electrons. The van der Waals surface area contributed by atoms with Crippen LogP contribution in [0.5, 0.6) is 17.2 Å². The first kappa shape index (κ1) is 15.5. The Morgan fingerprint density at radius 2 is 1.52 bits per heavy atom. The zero-order chi connectivity index (χ0) is 15.1. The van der Waals surface area contributed by atoms with Gasteiger partial charge in [-0.05, 0) is 24.3 Å². The van der Waals surface area contributed by atoms with Gasteiger partial charge in [-0.1, -0.05) is 15.9 Å². The second-order valence-corrected chi connectivity index (χ2v) is 5.25. The predicted molar refractivity (Wildman–Crippen MR) is 87.7 cm³/mol. The highest BCUT2D eigenvalue weighted by Gasteiger charge is 2.01. The summed E-state index contributed by atoms with van der Waals surface area (Å²) in [7, 11) is 3.27. The van der Waals surface area contributed by atoms with E-state index in [4.69, 9.17) is 14.2 Å². The van der Waals surface area contributed by atoms with E-state index >= 15 is 0 Å². The summed E-state index contributed by atoms with van der Waals surface area (Å²) >= 11 is 3.39. The Morgan fingerprint density at radius 1 is 0.905 bits per heavy atom. The molecular formula is C16H18BrNO3. The fraction of sp³-hybridized carbons (Fsp3) is 0.250. The van der Waals surface area contributed by atoms with E-state index in [0.29, 0.717) is 13.2 Å². The van der Waals surface area contributed by atoms with E-state index in [9.17, 15) is 0 Å². The van der Waals surface area contributed by atoms with Crippen molar-refractivity contribution in [1.82, 2.24) is 0 Å². The summed E-state index contributed by atoms with van der Waals surface area (Å²) in [5.41, 5.74) is 0.936. The van der Waals surface area contributed by atoms with Crippen LogP contribution >= 0.6 is 15.9 Å². The van der Waals surface area contributed by atoms with Gasteiger partial charge in [0.25, 0.3) is 0 Å². The maximum atomic E-state index is 5.65. The summed E-state index contributed by atoms with van der Waals surface area (Å²) in [6.07, 6.45) is 0. The van der Waals surface area contributed by atoms with Gasteiger partial charge in [-0.3, -0.25) is 0 Å². The van der Waals surface area contributed by atoms with Gasteiger partial charge in [-0.2, -0.15) is 0 Å².